The molecule has 0 aliphatic heterocycles. The molecular weight excluding hydrogens is 208 g/mol. The maximum atomic E-state index is 11.3. The summed E-state index contributed by atoms with van der Waals surface area (Å²) in [6, 6.07) is 1.62. The maximum absolute atomic E-state index is 11.3. The van der Waals surface area contributed by atoms with E-state index in [2.05, 4.69) is 26.3 Å². The molecule has 0 spiro atoms. The molecule has 0 N–H and O–H groups in total. The summed E-state index contributed by atoms with van der Waals surface area (Å²) < 4.78 is 4.52. The highest BCUT2D eigenvalue weighted by atomic mass is 16.5. The molecule has 0 amide bonds. The zero-order chi connectivity index (χ0) is 12.1. The third-order valence-electron chi connectivity index (χ3n) is 1.87. The minimum absolute atomic E-state index is 0.0601. The molecule has 0 aromatic carbocycles. The highest BCUT2D eigenvalue weighted by Gasteiger charge is 2.14. The summed E-state index contributed by atoms with van der Waals surface area (Å²) in [4.78, 5) is 17.9. The maximum Gasteiger partial charge on any atom is 0.339 e. The summed E-state index contributed by atoms with van der Waals surface area (Å²) in [5.74, 6) is -0.606. The molecule has 6 heteroatoms. The van der Waals surface area contributed by atoms with Crippen molar-refractivity contribution in [3.8, 4) is 0 Å². The predicted molar refractivity (Wildman–Crippen MR) is 58.8 cm³/mol. The quantitative estimate of drug-likeness (QED) is 0.257. The number of methoxy groups -OCH3 is 1. The normalized spacial score (nSPS) is 9.12. The molecule has 0 fully saturated rings. The number of nitrogens with zero attached hydrogens (tertiary/aromatic N) is 4. The molecule has 0 radical (unpaired) electrons. The lowest BCUT2D eigenvalue weighted by Gasteiger charge is -2.06. The average Bonchev–Trinajstić information content (AvgIpc) is 2.28. The Hall–Kier alpha value is -2.33. The van der Waals surface area contributed by atoms with Gasteiger partial charge in [-0.05, 0) is 24.1 Å². The van der Waals surface area contributed by atoms with Crippen molar-refractivity contribution in [3.05, 3.63) is 40.5 Å². The smallest absolute Gasteiger partial charge is 0.339 e. The Labute approximate surface area is 92.2 Å². The molecule has 0 saturated carbocycles. The van der Waals surface area contributed by atoms with E-state index >= 15 is 0 Å². The van der Waals surface area contributed by atoms with Crippen LogP contribution in [0.4, 0.5) is 5.69 Å². The topological polar surface area (TPSA) is 88.0 Å². The van der Waals surface area contributed by atoms with E-state index < -0.39 is 5.97 Å². The average molecular weight is 218 g/mol. The van der Waals surface area contributed by atoms with Crippen LogP contribution < -0.4 is 0 Å². The van der Waals surface area contributed by atoms with E-state index in [4.69, 9.17) is 5.53 Å². The molecule has 1 heterocycles. The van der Waals surface area contributed by atoms with Crippen LogP contribution in [0.3, 0.4) is 0 Å². The summed E-state index contributed by atoms with van der Waals surface area (Å²) in [5.41, 5.74) is 9.77. The van der Waals surface area contributed by atoms with Crippen molar-refractivity contribution in [2.75, 3.05) is 7.11 Å². The Bertz CT molecular complexity index is 490. The molecule has 0 bridgehead atoms. The van der Waals surface area contributed by atoms with Crippen molar-refractivity contribution in [1.29, 1.82) is 0 Å². The van der Waals surface area contributed by atoms with Gasteiger partial charge in [0.15, 0.2) is 0 Å². The second-order valence-corrected chi connectivity index (χ2v) is 3.04. The highest BCUT2D eigenvalue weighted by molar-refractivity contribution is 6.16. The Balaban J connectivity index is 3.27. The molecule has 0 atom stereocenters. The van der Waals surface area contributed by atoms with Gasteiger partial charge in [-0.25, -0.2) is 4.79 Å². The predicted octanol–water partition coefficient (Wildman–Crippen LogP) is 2.52. The fourth-order valence-corrected chi connectivity index (χ4v) is 1.13. The van der Waals surface area contributed by atoms with Gasteiger partial charge in [-0.3, -0.25) is 4.98 Å². The monoisotopic (exact) mass is 218 g/mol. The molecule has 82 valence electrons. The lowest BCUT2D eigenvalue weighted by Crippen LogP contribution is -2.04. The van der Waals surface area contributed by atoms with Gasteiger partial charge in [0.2, 0.25) is 0 Å². The van der Waals surface area contributed by atoms with Crippen LogP contribution in [-0.4, -0.2) is 18.1 Å². The second kappa shape index (κ2) is 4.95. The lowest BCUT2D eigenvalue weighted by atomic mass is 10.1. The van der Waals surface area contributed by atoms with E-state index in [-0.39, 0.29) is 17.0 Å². The van der Waals surface area contributed by atoms with Crippen molar-refractivity contribution >= 4 is 17.2 Å². The van der Waals surface area contributed by atoms with Gasteiger partial charge in [0.1, 0.15) is 0 Å². The number of esters is 1. The minimum Gasteiger partial charge on any atom is -0.465 e. The number of carbonyl (C=O) groups is 1. The van der Waals surface area contributed by atoms with Gasteiger partial charge in [-0.15, -0.1) is 0 Å². The third-order valence-corrected chi connectivity index (χ3v) is 1.87. The van der Waals surface area contributed by atoms with Crippen LogP contribution in [0.1, 0.15) is 11.3 Å². The van der Waals surface area contributed by atoms with Crippen molar-refractivity contribution in [3.63, 3.8) is 0 Å². The number of hydrogen-bond acceptors (Lipinski definition) is 4. The van der Waals surface area contributed by atoms with E-state index in [1.165, 1.54) is 7.11 Å². The largest absolute Gasteiger partial charge is 0.465 e. The third kappa shape index (κ3) is 2.37. The summed E-state index contributed by atoms with van der Waals surface area (Å²) in [6.45, 7) is 5.35. The van der Waals surface area contributed by atoms with Crippen LogP contribution in [0.25, 0.3) is 16.0 Å². The van der Waals surface area contributed by atoms with Crippen molar-refractivity contribution < 1.29 is 9.53 Å². The number of ether oxygens (including phenoxy) is 1. The van der Waals surface area contributed by atoms with E-state index in [9.17, 15) is 4.79 Å². The molecular formula is C10H10N4O2. The van der Waals surface area contributed by atoms with E-state index in [1.54, 1.807) is 19.2 Å². The molecule has 0 aliphatic carbocycles. The van der Waals surface area contributed by atoms with Crippen LogP contribution in [0, 0.1) is 6.92 Å². The first-order valence-electron chi connectivity index (χ1n) is 4.39. The summed E-state index contributed by atoms with van der Waals surface area (Å²) in [5, 5.41) is 3.45. The second-order valence-electron chi connectivity index (χ2n) is 3.04. The fourth-order valence-electron chi connectivity index (χ4n) is 1.13. The Morgan fingerprint density at radius 1 is 1.69 bits per heavy atom. The number of hydrogen-bond donors (Lipinski definition) is 0. The fraction of sp³-hybridized carbons (Fsp3) is 0.200. The van der Waals surface area contributed by atoms with E-state index in [0.717, 1.165) is 5.56 Å². The molecule has 0 unspecified atom stereocenters. The first kappa shape index (κ1) is 11.7. The van der Waals surface area contributed by atoms with Gasteiger partial charge in [0, 0.05) is 11.1 Å². The zero-order valence-corrected chi connectivity index (χ0v) is 8.97. The number of aryl methyl sites for hydroxylation is 1. The van der Waals surface area contributed by atoms with Crippen molar-refractivity contribution in [1.82, 2.24) is 4.98 Å². The summed E-state index contributed by atoms with van der Waals surface area (Å²) >= 11 is 0. The molecule has 1 aromatic heterocycles. The number of rotatable bonds is 3. The van der Waals surface area contributed by atoms with E-state index in [0.29, 0.717) is 0 Å². The van der Waals surface area contributed by atoms with Gasteiger partial charge in [-0.1, -0.05) is 11.7 Å². The van der Waals surface area contributed by atoms with Gasteiger partial charge in [0.25, 0.3) is 0 Å². The number of aromatic nitrogens is 1. The number of azide groups is 1. The number of pyridine rings is 1. The van der Waals surface area contributed by atoms with Gasteiger partial charge >= 0.3 is 5.97 Å². The van der Waals surface area contributed by atoms with Crippen LogP contribution in [0.5, 0.6) is 0 Å². The molecule has 6 nitrogen and oxygen atoms in total. The van der Waals surface area contributed by atoms with Crippen LogP contribution in [0.2, 0.25) is 0 Å². The van der Waals surface area contributed by atoms with Crippen LogP contribution in [0.15, 0.2) is 24.0 Å². The Kier molecular flexibility index (Phi) is 3.63. The number of carbonyl (C=O) groups excluding carboxylic acids is 1. The molecule has 1 aromatic rings. The molecule has 0 saturated heterocycles. The Morgan fingerprint density at radius 3 is 2.94 bits per heavy atom. The van der Waals surface area contributed by atoms with Gasteiger partial charge in [-0.2, -0.15) is 0 Å². The zero-order valence-electron chi connectivity index (χ0n) is 8.97. The highest BCUT2D eigenvalue weighted by Crippen LogP contribution is 2.25. The molecule has 16 heavy (non-hydrogen) atoms. The molecule has 1 rings (SSSR count). The van der Waals surface area contributed by atoms with Crippen molar-refractivity contribution in [2.45, 2.75) is 6.92 Å². The van der Waals surface area contributed by atoms with Crippen molar-refractivity contribution in [2.24, 2.45) is 5.11 Å². The van der Waals surface area contributed by atoms with E-state index in [1.807, 2.05) is 0 Å². The van der Waals surface area contributed by atoms with Crippen LogP contribution in [-0.2, 0) is 9.53 Å². The van der Waals surface area contributed by atoms with Crippen LogP contribution >= 0.6 is 0 Å². The first-order chi connectivity index (χ1) is 7.60. The SMILES string of the molecule is C=C(C(=O)OC)c1ncc(C)cc1N=[N+]=[N-]. The standard InChI is InChI=1S/C10H10N4O2/c1-6-4-8(13-14-11)9(12-5-6)7(2)10(15)16-3/h4-5H,2H2,1,3H3. The molecule has 0 aliphatic rings. The van der Waals surface area contributed by atoms with Gasteiger partial charge < -0.3 is 4.74 Å². The Morgan fingerprint density at radius 2 is 2.38 bits per heavy atom. The minimum atomic E-state index is -0.606. The first-order valence-corrected chi connectivity index (χ1v) is 4.39. The lowest BCUT2D eigenvalue weighted by molar-refractivity contribution is -0.133. The summed E-state index contributed by atoms with van der Waals surface area (Å²) in [6.07, 6.45) is 1.56. The summed E-state index contributed by atoms with van der Waals surface area (Å²) in [7, 11) is 1.24. The van der Waals surface area contributed by atoms with Gasteiger partial charge in [0.05, 0.1) is 24.1 Å².